The normalized spacial score (nSPS) is 18.6. The molecule has 27 heavy (non-hydrogen) atoms. The second kappa shape index (κ2) is 7.85. The molecule has 2 aliphatic rings. The molecule has 0 aliphatic carbocycles. The van der Waals surface area contributed by atoms with Crippen molar-refractivity contribution < 1.29 is 19.1 Å². The van der Waals surface area contributed by atoms with Gasteiger partial charge >= 0.3 is 0 Å². The van der Waals surface area contributed by atoms with Crippen molar-refractivity contribution in [2.75, 3.05) is 25.6 Å². The zero-order valence-electron chi connectivity index (χ0n) is 14.8. The Hall–Kier alpha value is -2.13. The summed E-state index contributed by atoms with van der Waals surface area (Å²) in [6.07, 6.45) is 1.62. The minimum atomic E-state index is -0.183. The first-order valence-electron chi connectivity index (χ1n) is 8.74. The van der Waals surface area contributed by atoms with Gasteiger partial charge in [-0.25, -0.2) is 0 Å². The number of aryl methyl sites for hydroxylation is 1. The van der Waals surface area contributed by atoms with Crippen LogP contribution in [-0.4, -0.2) is 52.4 Å². The molecule has 2 aliphatic heterocycles. The summed E-state index contributed by atoms with van der Waals surface area (Å²) in [7, 11) is 0. The van der Waals surface area contributed by atoms with Gasteiger partial charge in [-0.2, -0.15) is 0 Å². The van der Waals surface area contributed by atoms with Gasteiger partial charge < -0.3 is 14.4 Å². The van der Waals surface area contributed by atoms with Gasteiger partial charge in [-0.05, 0) is 38.0 Å². The Kier molecular flexibility index (Phi) is 5.31. The molecule has 1 aromatic carbocycles. The molecule has 0 radical (unpaired) electrons. The van der Waals surface area contributed by atoms with Crippen molar-refractivity contribution in [1.29, 1.82) is 0 Å². The third-order valence-electron chi connectivity index (χ3n) is 4.63. The number of carbonyl (C=O) groups is 2. The summed E-state index contributed by atoms with van der Waals surface area (Å²) in [6.45, 7) is 3.23. The third kappa shape index (κ3) is 4.08. The SMILES string of the molecule is Cc1nnc(SCC(=O)N2CCC[C@@H](C(=O)c3ccc4c(c3)OCO4)C2)s1. The number of ether oxygens (including phenoxy) is 2. The lowest BCUT2D eigenvalue weighted by Gasteiger charge is -2.32. The summed E-state index contributed by atoms with van der Waals surface area (Å²) in [5.74, 6) is 1.50. The van der Waals surface area contributed by atoms with E-state index in [4.69, 9.17) is 9.47 Å². The highest BCUT2D eigenvalue weighted by molar-refractivity contribution is 8.01. The fourth-order valence-electron chi connectivity index (χ4n) is 3.25. The number of hydrogen-bond acceptors (Lipinski definition) is 8. The maximum absolute atomic E-state index is 12.9. The Morgan fingerprint density at radius 2 is 2.15 bits per heavy atom. The van der Waals surface area contributed by atoms with Crippen molar-refractivity contribution in [2.45, 2.75) is 24.1 Å². The Morgan fingerprint density at radius 3 is 2.96 bits per heavy atom. The summed E-state index contributed by atoms with van der Waals surface area (Å²) in [6, 6.07) is 5.27. The van der Waals surface area contributed by atoms with Crippen molar-refractivity contribution in [3.63, 3.8) is 0 Å². The fraction of sp³-hybridized carbons (Fsp3) is 0.444. The molecular weight excluding hydrogens is 386 g/mol. The molecule has 9 heteroatoms. The molecule has 1 fully saturated rings. The van der Waals surface area contributed by atoms with Crippen molar-refractivity contribution in [2.24, 2.45) is 5.92 Å². The zero-order chi connectivity index (χ0) is 18.8. The van der Waals surface area contributed by atoms with E-state index in [1.807, 2.05) is 6.92 Å². The largest absolute Gasteiger partial charge is 0.454 e. The van der Waals surface area contributed by atoms with E-state index in [0.29, 0.717) is 35.9 Å². The van der Waals surface area contributed by atoms with E-state index in [-0.39, 0.29) is 24.4 Å². The van der Waals surface area contributed by atoms with Gasteiger partial charge in [-0.1, -0.05) is 23.1 Å². The number of rotatable bonds is 5. The molecule has 1 atom stereocenters. The molecule has 0 unspecified atom stereocenters. The average Bonchev–Trinajstić information content (AvgIpc) is 3.33. The number of thioether (sulfide) groups is 1. The van der Waals surface area contributed by atoms with Crippen LogP contribution < -0.4 is 9.47 Å². The van der Waals surface area contributed by atoms with Crippen LogP contribution in [0.2, 0.25) is 0 Å². The number of nitrogens with zero attached hydrogens (tertiary/aromatic N) is 3. The molecule has 3 heterocycles. The topological polar surface area (TPSA) is 81.6 Å². The van der Waals surface area contributed by atoms with Crippen molar-refractivity contribution in [3.05, 3.63) is 28.8 Å². The van der Waals surface area contributed by atoms with Crippen molar-refractivity contribution >= 4 is 34.8 Å². The van der Waals surface area contributed by atoms with Crippen molar-refractivity contribution in [1.82, 2.24) is 15.1 Å². The molecule has 0 saturated carbocycles. The first-order valence-corrected chi connectivity index (χ1v) is 10.5. The molecule has 142 valence electrons. The Morgan fingerprint density at radius 1 is 1.30 bits per heavy atom. The molecule has 1 saturated heterocycles. The lowest BCUT2D eigenvalue weighted by Crippen LogP contribution is -2.43. The van der Waals surface area contributed by atoms with Crippen LogP contribution >= 0.6 is 23.1 Å². The van der Waals surface area contributed by atoms with E-state index >= 15 is 0 Å². The number of piperidine rings is 1. The van der Waals surface area contributed by atoms with E-state index in [0.717, 1.165) is 22.2 Å². The number of carbonyl (C=O) groups excluding carboxylic acids is 2. The number of ketones is 1. The standard InChI is InChI=1S/C18H19N3O4S2/c1-11-19-20-18(27-11)26-9-16(22)21-6-2-3-13(8-21)17(23)12-4-5-14-15(7-12)25-10-24-14/h4-5,7,13H,2-3,6,8-10H2,1H3/t13-/m1/s1. The van der Waals surface area contributed by atoms with Crippen LogP contribution in [0, 0.1) is 12.8 Å². The van der Waals surface area contributed by atoms with Crippen LogP contribution in [0.25, 0.3) is 0 Å². The lowest BCUT2D eigenvalue weighted by atomic mass is 9.90. The van der Waals surface area contributed by atoms with Gasteiger partial charge in [0.2, 0.25) is 12.7 Å². The van der Waals surface area contributed by atoms with E-state index in [1.165, 1.54) is 23.1 Å². The Balaban J connectivity index is 1.37. The first-order chi connectivity index (χ1) is 13.1. The van der Waals surface area contributed by atoms with Gasteiger partial charge in [0.25, 0.3) is 0 Å². The summed E-state index contributed by atoms with van der Waals surface area (Å²) in [5, 5.41) is 8.87. The second-order valence-electron chi connectivity index (χ2n) is 6.49. The zero-order valence-corrected chi connectivity index (χ0v) is 16.5. The van der Waals surface area contributed by atoms with Gasteiger partial charge in [-0.15, -0.1) is 10.2 Å². The van der Waals surface area contributed by atoms with Gasteiger partial charge in [-0.3, -0.25) is 9.59 Å². The second-order valence-corrected chi connectivity index (χ2v) is 8.89. The molecule has 0 bridgehead atoms. The molecule has 2 aromatic rings. The maximum atomic E-state index is 12.9. The molecular formula is C18H19N3O4S2. The number of hydrogen-bond donors (Lipinski definition) is 0. The molecule has 0 N–H and O–H groups in total. The Labute approximate surface area is 165 Å². The average molecular weight is 406 g/mol. The van der Waals surface area contributed by atoms with Crippen LogP contribution in [-0.2, 0) is 4.79 Å². The van der Waals surface area contributed by atoms with Gasteiger partial charge in [0, 0.05) is 24.6 Å². The predicted molar refractivity (Wildman–Crippen MR) is 102 cm³/mol. The highest BCUT2D eigenvalue weighted by Gasteiger charge is 2.30. The maximum Gasteiger partial charge on any atom is 0.233 e. The smallest absolute Gasteiger partial charge is 0.233 e. The van der Waals surface area contributed by atoms with Crippen LogP contribution in [0.3, 0.4) is 0 Å². The van der Waals surface area contributed by atoms with Gasteiger partial charge in [0.05, 0.1) is 5.75 Å². The van der Waals surface area contributed by atoms with Crippen LogP contribution in [0.4, 0.5) is 0 Å². The van der Waals surface area contributed by atoms with Crippen LogP contribution in [0.15, 0.2) is 22.5 Å². The quantitative estimate of drug-likeness (QED) is 0.559. The minimum absolute atomic E-state index is 0.0380. The highest BCUT2D eigenvalue weighted by Crippen LogP contribution is 2.34. The molecule has 0 spiro atoms. The van der Waals surface area contributed by atoms with Gasteiger partial charge in [0.1, 0.15) is 5.01 Å². The number of amides is 1. The first kappa shape index (κ1) is 18.2. The fourth-order valence-corrected chi connectivity index (χ4v) is 4.97. The summed E-state index contributed by atoms with van der Waals surface area (Å²) < 4.78 is 11.5. The lowest BCUT2D eigenvalue weighted by molar-refractivity contribution is -0.129. The third-order valence-corrected chi connectivity index (χ3v) is 6.59. The van der Waals surface area contributed by atoms with E-state index < -0.39 is 0 Å². The highest BCUT2D eigenvalue weighted by atomic mass is 32.2. The predicted octanol–water partition coefficient (Wildman–Crippen LogP) is 2.79. The van der Waals surface area contributed by atoms with E-state index in [2.05, 4.69) is 10.2 Å². The van der Waals surface area contributed by atoms with E-state index in [1.54, 1.807) is 23.1 Å². The van der Waals surface area contributed by atoms with Crippen LogP contribution in [0.1, 0.15) is 28.2 Å². The van der Waals surface area contributed by atoms with E-state index in [9.17, 15) is 9.59 Å². The number of aromatic nitrogens is 2. The summed E-state index contributed by atoms with van der Waals surface area (Å²) in [5.41, 5.74) is 0.609. The number of benzene rings is 1. The molecule has 4 rings (SSSR count). The number of likely N-dealkylation sites (tertiary alicyclic amines) is 1. The Bertz CT molecular complexity index is 870. The van der Waals surface area contributed by atoms with Crippen molar-refractivity contribution in [3.8, 4) is 11.5 Å². The van der Waals surface area contributed by atoms with Crippen LogP contribution in [0.5, 0.6) is 11.5 Å². The minimum Gasteiger partial charge on any atom is -0.454 e. The number of Topliss-reactive ketones (excluding diaryl/α,β-unsaturated/α-hetero) is 1. The summed E-state index contributed by atoms with van der Waals surface area (Å²) >= 11 is 2.88. The molecule has 1 amide bonds. The molecule has 1 aromatic heterocycles. The van der Waals surface area contributed by atoms with Gasteiger partial charge in [0.15, 0.2) is 21.6 Å². The summed E-state index contributed by atoms with van der Waals surface area (Å²) in [4.78, 5) is 27.2. The number of fused-ring (bicyclic) bond motifs is 1. The monoisotopic (exact) mass is 405 g/mol. The molecule has 7 nitrogen and oxygen atoms in total.